The molecule has 0 aromatic carbocycles. The van der Waals surface area contributed by atoms with Crippen LogP contribution < -0.4 is 0 Å². The highest BCUT2D eigenvalue weighted by Gasteiger charge is 2.21. The molecule has 2 heterocycles. The summed E-state index contributed by atoms with van der Waals surface area (Å²) in [6.07, 6.45) is 3.90. The molecule has 0 spiro atoms. The van der Waals surface area contributed by atoms with E-state index in [1.807, 2.05) is 6.07 Å². The Morgan fingerprint density at radius 1 is 1.45 bits per heavy atom. The van der Waals surface area contributed by atoms with Gasteiger partial charge in [-0.05, 0) is 57.6 Å². The number of pyridine rings is 1. The van der Waals surface area contributed by atoms with Gasteiger partial charge in [0.15, 0.2) is 5.69 Å². The Balaban J connectivity index is 1.91. The lowest BCUT2D eigenvalue weighted by atomic mass is 9.96. The van der Waals surface area contributed by atoms with E-state index in [4.69, 9.17) is 5.11 Å². The standard InChI is InChI=1S/C15H23N3O2/c1-17(2)10-12-5-8-18(9-6-12)11-13-4-3-7-16-14(13)15(19)20/h3-4,7,12H,5-6,8-11H2,1-2H3,(H,19,20). The highest BCUT2D eigenvalue weighted by atomic mass is 16.4. The second-order valence-corrected chi connectivity index (χ2v) is 5.80. The van der Waals surface area contributed by atoms with Crippen LogP contribution in [0.15, 0.2) is 18.3 Å². The van der Waals surface area contributed by atoms with E-state index < -0.39 is 5.97 Å². The van der Waals surface area contributed by atoms with Crippen molar-refractivity contribution in [2.45, 2.75) is 19.4 Å². The molecule has 0 atom stereocenters. The van der Waals surface area contributed by atoms with Gasteiger partial charge < -0.3 is 10.0 Å². The molecule has 1 aromatic rings. The molecule has 1 aliphatic rings. The van der Waals surface area contributed by atoms with E-state index in [9.17, 15) is 4.79 Å². The Morgan fingerprint density at radius 3 is 2.75 bits per heavy atom. The number of nitrogens with zero attached hydrogens (tertiary/aromatic N) is 3. The van der Waals surface area contributed by atoms with Gasteiger partial charge in [0.25, 0.3) is 0 Å². The molecule has 1 saturated heterocycles. The predicted molar refractivity (Wildman–Crippen MR) is 77.8 cm³/mol. The molecule has 0 unspecified atom stereocenters. The van der Waals surface area contributed by atoms with Crippen LogP contribution in [0, 0.1) is 5.92 Å². The maximum absolute atomic E-state index is 11.2. The third-order valence-electron chi connectivity index (χ3n) is 3.82. The maximum Gasteiger partial charge on any atom is 0.354 e. The van der Waals surface area contributed by atoms with Gasteiger partial charge in [0, 0.05) is 19.3 Å². The van der Waals surface area contributed by atoms with Crippen LogP contribution in [-0.4, -0.2) is 59.6 Å². The molecule has 1 fully saturated rings. The Labute approximate surface area is 120 Å². The van der Waals surface area contributed by atoms with Crippen molar-refractivity contribution in [3.63, 3.8) is 0 Å². The van der Waals surface area contributed by atoms with Crippen LogP contribution in [0.2, 0.25) is 0 Å². The van der Waals surface area contributed by atoms with Gasteiger partial charge in [-0.3, -0.25) is 4.90 Å². The molecule has 20 heavy (non-hydrogen) atoms. The average Bonchev–Trinajstić information content (AvgIpc) is 2.41. The normalized spacial score (nSPS) is 17.6. The topological polar surface area (TPSA) is 56.7 Å². The van der Waals surface area contributed by atoms with E-state index in [0.29, 0.717) is 6.54 Å². The minimum Gasteiger partial charge on any atom is -0.477 e. The molecule has 0 saturated carbocycles. The van der Waals surface area contributed by atoms with Gasteiger partial charge in [0.1, 0.15) is 0 Å². The molecule has 1 aliphatic heterocycles. The van der Waals surface area contributed by atoms with Crippen LogP contribution in [0.4, 0.5) is 0 Å². The molecule has 110 valence electrons. The van der Waals surface area contributed by atoms with Crippen molar-refractivity contribution in [2.75, 3.05) is 33.7 Å². The summed E-state index contributed by atoms with van der Waals surface area (Å²) in [5.74, 6) is -0.183. The predicted octanol–water partition coefficient (Wildman–Crippen LogP) is 1.55. The number of carboxylic acid groups (broad SMARTS) is 1. The minimum absolute atomic E-state index is 0.183. The van der Waals surface area contributed by atoms with E-state index in [1.165, 1.54) is 19.0 Å². The summed E-state index contributed by atoms with van der Waals surface area (Å²) >= 11 is 0. The summed E-state index contributed by atoms with van der Waals surface area (Å²) in [4.78, 5) is 19.7. The second kappa shape index (κ2) is 6.81. The van der Waals surface area contributed by atoms with E-state index >= 15 is 0 Å². The van der Waals surface area contributed by atoms with Gasteiger partial charge in [-0.2, -0.15) is 0 Å². The third kappa shape index (κ3) is 4.02. The van der Waals surface area contributed by atoms with Crippen molar-refractivity contribution in [3.05, 3.63) is 29.6 Å². The molecule has 0 radical (unpaired) electrons. The number of aromatic carboxylic acids is 1. The molecule has 5 heteroatoms. The van der Waals surface area contributed by atoms with Crippen molar-refractivity contribution >= 4 is 5.97 Å². The number of rotatable bonds is 5. The van der Waals surface area contributed by atoms with Crippen LogP contribution in [0.3, 0.4) is 0 Å². The highest BCUT2D eigenvalue weighted by Crippen LogP contribution is 2.20. The van der Waals surface area contributed by atoms with Crippen molar-refractivity contribution in [1.82, 2.24) is 14.8 Å². The van der Waals surface area contributed by atoms with Gasteiger partial charge in [-0.1, -0.05) is 6.07 Å². The molecule has 1 aromatic heterocycles. The monoisotopic (exact) mass is 277 g/mol. The summed E-state index contributed by atoms with van der Waals surface area (Å²) in [7, 11) is 4.22. The molecular weight excluding hydrogens is 254 g/mol. The summed E-state index contributed by atoms with van der Waals surface area (Å²) < 4.78 is 0. The average molecular weight is 277 g/mol. The van der Waals surface area contributed by atoms with E-state index in [0.717, 1.165) is 31.1 Å². The largest absolute Gasteiger partial charge is 0.477 e. The Hall–Kier alpha value is -1.46. The van der Waals surface area contributed by atoms with Crippen LogP contribution >= 0.6 is 0 Å². The van der Waals surface area contributed by atoms with Crippen molar-refractivity contribution < 1.29 is 9.90 Å². The van der Waals surface area contributed by atoms with Gasteiger partial charge in [0.05, 0.1) is 0 Å². The molecule has 5 nitrogen and oxygen atoms in total. The number of piperidine rings is 1. The molecule has 0 amide bonds. The third-order valence-corrected chi connectivity index (χ3v) is 3.82. The van der Waals surface area contributed by atoms with Crippen molar-refractivity contribution in [1.29, 1.82) is 0 Å². The Kier molecular flexibility index (Phi) is 5.09. The summed E-state index contributed by atoms with van der Waals surface area (Å²) in [6.45, 7) is 3.89. The van der Waals surface area contributed by atoms with E-state index in [-0.39, 0.29) is 5.69 Å². The number of hydrogen-bond donors (Lipinski definition) is 1. The number of carboxylic acids is 1. The molecule has 0 aliphatic carbocycles. The molecule has 2 rings (SSSR count). The maximum atomic E-state index is 11.2. The summed E-state index contributed by atoms with van der Waals surface area (Å²) in [5, 5.41) is 9.15. The fourth-order valence-electron chi connectivity index (χ4n) is 2.84. The first-order valence-corrected chi connectivity index (χ1v) is 7.10. The fourth-order valence-corrected chi connectivity index (χ4v) is 2.84. The lowest BCUT2D eigenvalue weighted by molar-refractivity contribution is 0.0686. The zero-order valence-electron chi connectivity index (χ0n) is 12.2. The zero-order chi connectivity index (χ0) is 14.5. The number of aromatic nitrogens is 1. The van der Waals surface area contributed by atoms with Crippen LogP contribution in [-0.2, 0) is 6.54 Å². The first-order valence-electron chi connectivity index (χ1n) is 7.10. The van der Waals surface area contributed by atoms with Crippen molar-refractivity contribution in [3.8, 4) is 0 Å². The number of hydrogen-bond acceptors (Lipinski definition) is 4. The molecular formula is C15H23N3O2. The first-order chi connectivity index (χ1) is 9.56. The van der Waals surface area contributed by atoms with Gasteiger partial charge in [0.2, 0.25) is 0 Å². The van der Waals surface area contributed by atoms with E-state index in [2.05, 4.69) is 28.9 Å². The first kappa shape index (κ1) is 14.9. The van der Waals surface area contributed by atoms with Crippen molar-refractivity contribution in [2.24, 2.45) is 5.92 Å². The van der Waals surface area contributed by atoms with Crippen LogP contribution in [0.1, 0.15) is 28.9 Å². The Morgan fingerprint density at radius 2 is 2.15 bits per heavy atom. The SMILES string of the molecule is CN(C)CC1CCN(Cc2cccnc2C(=O)O)CC1. The Bertz CT molecular complexity index is 454. The van der Waals surface area contributed by atoms with Gasteiger partial charge in [-0.25, -0.2) is 9.78 Å². The summed E-state index contributed by atoms with van der Waals surface area (Å²) in [5.41, 5.74) is 0.994. The number of likely N-dealkylation sites (tertiary alicyclic amines) is 1. The molecule has 0 bridgehead atoms. The van der Waals surface area contributed by atoms with Gasteiger partial charge in [-0.15, -0.1) is 0 Å². The van der Waals surface area contributed by atoms with E-state index in [1.54, 1.807) is 6.07 Å². The fraction of sp³-hybridized carbons (Fsp3) is 0.600. The lowest BCUT2D eigenvalue weighted by Gasteiger charge is -2.33. The quantitative estimate of drug-likeness (QED) is 0.885. The van der Waals surface area contributed by atoms with Crippen LogP contribution in [0.5, 0.6) is 0 Å². The van der Waals surface area contributed by atoms with Gasteiger partial charge >= 0.3 is 5.97 Å². The zero-order valence-corrected chi connectivity index (χ0v) is 12.2. The highest BCUT2D eigenvalue weighted by molar-refractivity contribution is 5.86. The molecule has 1 N–H and O–H groups in total. The minimum atomic E-state index is -0.942. The lowest BCUT2D eigenvalue weighted by Crippen LogP contribution is -2.37. The summed E-state index contributed by atoms with van der Waals surface area (Å²) in [6, 6.07) is 3.67. The number of carbonyl (C=O) groups is 1. The van der Waals surface area contributed by atoms with Crippen LogP contribution in [0.25, 0.3) is 0 Å². The smallest absolute Gasteiger partial charge is 0.354 e. The second-order valence-electron chi connectivity index (χ2n) is 5.80.